The van der Waals surface area contributed by atoms with Gasteiger partial charge < -0.3 is 14.8 Å². The molecule has 0 aliphatic rings. The molecule has 0 amide bonds. The van der Waals surface area contributed by atoms with E-state index in [9.17, 15) is 4.39 Å². The molecule has 0 heterocycles. The van der Waals surface area contributed by atoms with E-state index >= 15 is 0 Å². The third-order valence-electron chi connectivity index (χ3n) is 3.49. The molecule has 1 unspecified atom stereocenters. The van der Waals surface area contributed by atoms with Crippen molar-refractivity contribution in [3.8, 4) is 11.5 Å². The molecule has 3 nitrogen and oxygen atoms in total. The van der Waals surface area contributed by atoms with Gasteiger partial charge in [0.2, 0.25) is 0 Å². The highest BCUT2D eigenvalue weighted by Crippen LogP contribution is 2.31. The van der Waals surface area contributed by atoms with E-state index < -0.39 is 0 Å². The number of benzene rings is 2. The first-order valence-electron chi connectivity index (χ1n) is 6.81. The molecule has 1 N–H and O–H groups in total. The van der Waals surface area contributed by atoms with Gasteiger partial charge >= 0.3 is 0 Å². The van der Waals surface area contributed by atoms with Crippen molar-refractivity contribution in [3.63, 3.8) is 0 Å². The Morgan fingerprint density at radius 3 is 2.52 bits per heavy atom. The zero-order valence-electron chi connectivity index (χ0n) is 12.5. The van der Waals surface area contributed by atoms with Gasteiger partial charge in [0.05, 0.1) is 14.2 Å². The topological polar surface area (TPSA) is 30.5 Å². The summed E-state index contributed by atoms with van der Waals surface area (Å²) in [6, 6.07) is 12.4. The van der Waals surface area contributed by atoms with Crippen LogP contribution >= 0.6 is 0 Å². The van der Waals surface area contributed by atoms with Gasteiger partial charge in [-0.1, -0.05) is 18.2 Å². The zero-order chi connectivity index (χ0) is 15.2. The molecule has 0 saturated carbocycles. The SMILES string of the molecule is CNC(Cc1cccc(F)c1)c1ccc(OC)cc1OC. The van der Waals surface area contributed by atoms with Crippen molar-refractivity contribution in [2.24, 2.45) is 0 Å². The molecule has 2 aromatic carbocycles. The summed E-state index contributed by atoms with van der Waals surface area (Å²) in [5.41, 5.74) is 1.96. The van der Waals surface area contributed by atoms with Gasteiger partial charge in [0.15, 0.2) is 0 Å². The fourth-order valence-electron chi connectivity index (χ4n) is 2.37. The van der Waals surface area contributed by atoms with Crippen molar-refractivity contribution in [1.82, 2.24) is 5.32 Å². The standard InChI is InChI=1S/C17H20FNO2/c1-19-16(10-12-5-4-6-13(18)9-12)15-8-7-14(20-2)11-17(15)21-3/h4-9,11,16,19H,10H2,1-3H3. The summed E-state index contributed by atoms with van der Waals surface area (Å²) in [6.07, 6.45) is 0.678. The number of ether oxygens (including phenoxy) is 2. The minimum absolute atomic E-state index is 0.0349. The number of hydrogen-bond donors (Lipinski definition) is 1. The summed E-state index contributed by atoms with van der Waals surface area (Å²) in [5.74, 6) is 1.28. The van der Waals surface area contributed by atoms with Crippen LogP contribution in [-0.2, 0) is 6.42 Å². The molecule has 0 aliphatic carbocycles. The fraction of sp³-hybridized carbons (Fsp3) is 0.294. The molecule has 0 bridgehead atoms. The molecule has 4 heteroatoms. The lowest BCUT2D eigenvalue weighted by Crippen LogP contribution is -2.19. The fourth-order valence-corrected chi connectivity index (χ4v) is 2.37. The van der Waals surface area contributed by atoms with Crippen LogP contribution in [0.2, 0.25) is 0 Å². The van der Waals surface area contributed by atoms with Crippen LogP contribution in [0.15, 0.2) is 42.5 Å². The summed E-state index contributed by atoms with van der Waals surface area (Å²) >= 11 is 0. The number of likely N-dealkylation sites (N-methyl/N-ethyl adjacent to an activating group) is 1. The van der Waals surface area contributed by atoms with Crippen LogP contribution in [0.1, 0.15) is 17.2 Å². The Labute approximate surface area is 124 Å². The first-order chi connectivity index (χ1) is 10.2. The molecular formula is C17H20FNO2. The normalized spacial score (nSPS) is 12.0. The van der Waals surface area contributed by atoms with Crippen LogP contribution in [0.3, 0.4) is 0 Å². The predicted octanol–water partition coefficient (Wildman–Crippen LogP) is 3.35. The van der Waals surface area contributed by atoms with Gasteiger partial charge in [0.1, 0.15) is 17.3 Å². The highest BCUT2D eigenvalue weighted by atomic mass is 19.1. The highest BCUT2D eigenvalue weighted by Gasteiger charge is 2.16. The highest BCUT2D eigenvalue weighted by molar-refractivity contribution is 5.43. The van der Waals surface area contributed by atoms with Crippen molar-refractivity contribution in [3.05, 3.63) is 59.4 Å². The molecule has 0 saturated heterocycles. The largest absolute Gasteiger partial charge is 0.497 e. The Morgan fingerprint density at radius 2 is 1.90 bits per heavy atom. The number of hydrogen-bond acceptors (Lipinski definition) is 3. The number of methoxy groups -OCH3 is 2. The van der Waals surface area contributed by atoms with Crippen LogP contribution < -0.4 is 14.8 Å². The average molecular weight is 289 g/mol. The smallest absolute Gasteiger partial charge is 0.127 e. The van der Waals surface area contributed by atoms with Crippen LogP contribution in [-0.4, -0.2) is 21.3 Å². The molecule has 2 aromatic rings. The molecule has 0 radical (unpaired) electrons. The van der Waals surface area contributed by atoms with Crippen LogP contribution in [0.4, 0.5) is 4.39 Å². The van der Waals surface area contributed by atoms with Gasteiger partial charge in [-0.25, -0.2) is 4.39 Å². The number of nitrogens with one attached hydrogen (secondary N) is 1. The molecule has 0 aliphatic heterocycles. The van der Waals surface area contributed by atoms with Gasteiger partial charge in [0.25, 0.3) is 0 Å². The Balaban J connectivity index is 2.28. The summed E-state index contributed by atoms with van der Waals surface area (Å²) in [5, 5.41) is 3.26. The Morgan fingerprint density at radius 1 is 1.10 bits per heavy atom. The lowest BCUT2D eigenvalue weighted by molar-refractivity contribution is 0.385. The lowest BCUT2D eigenvalue weighted by atomic mass is 9.98. The molecule has 21 heavy (non-hydrogen) atoms. The average Bonchev–Trinajstić information content (AvgIpc) is 2.52. The summed E-state index contributed by atoms with van der Waals surface area (Å²) in [4.78, 5) is 0. The molecule has 0 spiro atoms. The van der Waals surface area contributed by atoms with Crippen molar-refractivity contribution in [1.29, 1.82) is 0 Å². The second-order valence-electron chi connectivity index (χ2n) is 4.78. The Bertz CT molecular complexity index is 601. The third kappa shape index (κ3) is 3.73. The monoisotopic (exact) mass is 289 g/mol. The Hall–Kier alpha value is -2.07. The van der Waals surface area contributed by atoms with E-state index in [1.165, 1.54) is 6.07 Å². The first-order valence-corrected chi connectivity index (χ1v) is 6.81. The minimum Gasteiger partial charge on any atom is -0.497 e. The second kappa shape index (κ2) is 7.09. The number of rotatable bonds is 6. The maximum Gasteiger partial charge on any atom is 0.127 e. The van der Waals surface area contributed by atoms with Gasteiger partial charge in [-0.05, 0) is 37.2 Å². The van der Waals surface area contributed by atoms with Gasteiger partial charge in [0, 0.05) is 17.7 Å². The Kier molecular flexibility index (Phi) is 5.17. The molecule has 112 valence electrons. The molecule has 1 atom stereocenters. The second-order valence-corrected chi connectivity index (χ2v) is 4.78. The third-order valence-corrected chi connectivity index (χ3v) is 3.49. The summed E-state index contributed by atoms with van der Waals surface area (Å²) in [6.45, 7) is 0. The van der Waals surface area contributed by atoms with Crippen LogP contribution in [0.25, 0.3) is 0 Å². The quantitative estimate of drug-likeness (QED) is 0.884. The van der Waals surface area contributed by atoms with Crippen LogP contribution in [0, 0.1) is 5.82 Å². The maximum atomic E-state index is 13.3. The van der Waals surface area contributed by atoms with E-state index in [0.29, 0.717) is 6.42 Å². The zero-order valence-corrected chi connectivity index (χ0v) is 12.5. The van der Waals surface area contributed by atoms with Gasteiger partial charge in [-0.2, -0.15) is 0 Å². The number of halogens is 1. The van der Waals surface area contributed by atoms with Crippen molar-refractivity contribution in [2.45, 2.75) is 12.5 Å². The summed E-state index contributed by atoms with van der Waals surface area (Å²) < 4.78 is 24.0. The maximum absolute atomic E-state index is 13.3. The van der Waals surface area contributed by atoms with E-state index in [4.69, 9.17) is 9.47 Å². The summed E-state index contributed by atoms with van der Waals surface area (Å²) in [7, 11) is 5.14. The van der Waals surface area contributed by atoms with Crippen molar-refractivity contribution < 1.29 is 13.9 Å². The van der Waals surface area contributed by atoms with E-state index in [0.717, 1.165) is 22.6 Å². The van der Waals surface area contributed by atoms with Gasteiger partial charge in [-0.3, -0.25) is 0 Å². The molecule has 0 aromatic heterocycles. The predicted molar refractivity (Wildman–Crippen MR) is 81.5 cm³/mol. The molecule has 2 rings (SSSR count). The van der Waals surface area contributed by atoms with E-state index in [1.54, 1.807) is 26.4 Å². The van der Waals surface area contributed by atoms with E-state index in [2.05, 4.69) is 5.32 Å². The lowest BCUT2D eigenvalue weighted by Gasteiger charge is -2.20. The van der Waals surface area contributed by atoms with E-state index in [1.807, 2.05) is 31.3 Å². The minimum atomic E-state index is -0.218. The van der Waals surface area contributed by atoms with Gasteiger partial charge in [-0.15, -0.1) is 0 Å². The van der Waals surface area contributed by atoms with E-state index in [-0.39, 0.29) is 11.9 Å². The molecule has 0 fully saturated rings. The van der Waals surface area contributed by atoms with Crippen LogP contribution in [0.5, 0.6) is 11.5 Å². The molecular weight excluding hydrogens is 269 g/mol. The van der Waals surface area contributed by atoms with Crippen molar-refractivity contribution >= 4 is 0 Å². The van der Waals surface area contributed by atoms with Crippen molar-refractivity contribution in [2.75, 3.05) is 21.3 Å². The first kappa shape index (κ1) is 15.3.